The topological polar surface area (TPSA) is 40.9 Å². The zero-order chi connectivity index (χ0) is 12.1. The van der Waals surface area contributed by atoms with Crippen LogP contribution in [-0.2, 0) is 0 Å². The SMILES string of the molecule is N#CSc1ccccc1C(=O)c1ccccc1. The Labute approximate surface area is 104 Å². The smallest absolute Gasteiger partial charge is 0.194 e. The van der Waals surface area contributed by atoms with Gasteiger partial charge < -0.3 is 0 Å². The molecule has 0 saturated heterocycles. The summed E-state index contributed by atoms with van der Waals surface area (Å²) in [5, 5.41) is 10.7. The van der Waals surface area contributed by atoms with Crippen LogP contribution in [-0.4, -0.2) is 5.78 Å². The average molecular weight is 239 g/mol. The van der Waals surface area contributed by atoms with Gasteiger partial charge in [-0.2, -0.15) is 5.26 Å². The van der Waals surface area contributed by atoms with Crippen LogP contribution in [0.2, 0.25) is 0 Å². The van der Waals surface area contributed by atoms with Crippen molar-refractivity contribution in [3.05, 3.63) is 65.7 Å². The Morgan fingerprint density at radius 2 is 1.65 bits per heavy atom. The van der Waals surface area contributed by atoms with Crippen LogP contribution < -0.4 is 0 Å². The lowest BCUT2D eigenvalue weighted by molar-refractivity contribution is 0.103. The van der Waals surface area contributed by atoms with Crippen LogP contribution >= 0.6 is 11.8 Å². The summed E-state index contributed by atoms with van der Waals surface area (Å²) in [7, 11) is 0. The molecule has 3 heteroatoms. The third kappa shape index (κ3) is 2.55. The van der Waals surface area contributed by atoms with Gasteiger partial charge in [-0.1, -0.05) is 42.5 Å². The number of carbonyl (C=O) groups excluding carboxylic acids is 1. The largest absolute Gasteiger partial charge is 0.289 e. The van der Waals surface area contributed by atoms with E-state index in [-0.39, 0.29) is 5.78 Å². The first-order chi connectivity index (χ1) is 8.33. The molecule has 82 valence electrons. The Balaban J connectivity index is 2.42. The monoisotopic (exact) mass is 239 g/mol. The average Bonchev–Trinajstić information content (AvgIpc) is 2.40. The van der Waals surface area contributed by atoms with Gasteiger partial charge in [0.05, 0.1) is 0 Å². The maximum atomic E-state index is 12.2. The molecule has 0 aliphatic heterocycles. The zero-order valence-corrected chi connectivity index (χ0v) is 9.78. The van der Waals surface area contributed by atoms with E-state index in [0.29, 0.717) is 16.0 Å². The Hall–Kier alpha value is -2.05. The standard InChI is InChI=1S/C14H9NOS/c15-10-17-13-9-5-4-8-12(13)14(16)11-6-2-1-3-7-11/h1-9H. The van der Waals surface area contributed by atoms with E-state index in [1.54, 1.807) is 30.3 Å². The highest BCUT2D eigenvalue weighted by atomic mass is 32.2. The van der Waals surface area contributed by atoms with Gasteiger partial charge in [0, 0.05) is 16.0 Å². The van der Waals surface area contributed by atoms with Crippen molar-refractivity contribution in [3.63, 3.8) is 0 Å². The molecule has 0 amide bonds. The number of benzene rings is 2. The van der Waals surface area contributed by atoms with Crippen molar-refractivity contribution in [2.45, 2.75) is 4.90 Å². The number of ketones is 1. The molecule has 0 bridgehead atoms. The minimum absolute atomic E-state index is 0.0519. The lowest BCUT2D eigenvalue weighted by atomic mass is 10.0. The van der Waals surface area contributed by atoms with E-state index < -0.39 is 0 Å². The molecule has 0 aliphatic carbocycles. The number of carbonyl (C=O) groups is 1. The molecule has 0 fully saturated rings. The predicted octanol–water partition coefficient (Wildman–Crippen LogP) is 3.49. The summed E-state index contributed by atoms with van der Waals surface area (Å²) >= 11 is 1.01. The molecular formula is C14H9NOS. The normalized spacial score (nSPS) is 9.59. The molecule has 0 N–H and O–H groups in total. The number of nitrogens with zero attached hydrogens (tertiary/aromatic N) is 1. The van der Waals surface area contributed by atoms with E-state index in [4.69, 9.17) is 5.26 Å². The van der Waals surface area contributed by atoms with E-state index in [1.807, 2.05) is 29.7 Å². The quantitative estimate of drug-likeness (QED) is 0.467. The van der Waals surface area contributed by atoms with Crippen molar-refractivity contribution in [2.75, 3.05) is 0 Å². The number of thioether (sulfide) groups is 1. The summed E-state index contributed by atoms with van der Waals surface area (Å²) in [6.07, 6.45) is 0. The molecule has 0 radical (unpaired) electrons. The minimum atomic E-state index is -0.0519. The van der Waals surface area contributed by atoms with Crippen LogP contribution in [0.25, 0.3) is 0 Å². The summed E-state index contributed by atoms with van der Waals surface area (Å²) in [5.41, 5.74) is 1.21. The Morgan fingerprint density at radius 3 is 2.35 bits per heavy atom. The van der Waals surface area contributed by atoms with Crippen LogP contribution in [0.5, 0.6) is 0 Å². The van der Waals surface area contributed by atoms with Crippen LogP contribution in [0, 0.1) is 10.7 Å². The highest BCUT2D eigenvalue weighted by molar-refractivity contribution is 8.03. The van der Waals surface area contributed by atoms with E-state index in [2.05, 4.69) is 0 Å². The second-order valence-electron chi connectivity index (χ2n) is 3.38. The predicted molar refractivity (Wildman–Crippen MR) is 67.8 cm³/mol. The van der Waals surface area contributed by atoms with Gasteiger partial charge in [0.15, 0.2) is 5.78 Å². The highest BCUT2D eigenvalue weighted by Gasteiger charge is 2.12. The summed E-state index contributed by atoms with van der Waals surface area (Å²) in [6.45, 7) is 0. The third-order valence-corrected chi connectivity index (χ3v) is 2.99. The van der Waals surface area contributed by atoms with Gasteiger partial charge in [-0.25, -0.2) is 0 Å². The van der Waals surface area contributed by atoms with E-state index in [9.17, 15) is 4.79 Å². The molecule has 0 saturated carbocycles. The molecular weight excluding hydrogens is 230 g/mol. The fraction of sp³-hybridized carbons (Fsp3) is 0. The van der Waals surface area contributed by atoms with Crippen molar-refractivity contribution in [1.82, 2.24) is 0 Å². The van der Waals surface area contributed by atoms with E-state index in [0.717, 1.165) is 11.8 Å². The molecule has 0 aliphatic rings. The van der Waals surface area contributed by atoms with Gasteiger partial charge in [-0.15, -0.1) is 0 Å². The Bertz CT molecular complexity index is 572. The molecule has 2 aromatic carbocycles. The van der Waals surface area contributed by atoms with Crippen molar-refractivity contribution in [3.8, 4) is 5.40 Å². The zero-order valence-electron chi connectivity index (χ0n) is 8.96. The lowest BCUT2D eigenvalue weighted by Gasteiger charge is -2.04. The number of rotatable bonds is 3. The van der Waals surface area contributed by atoms with Gasteiger partial charge in [0.1, 0.15) is 5.40 Å². The van der Waals surface area contributed by atoms with Crippen molar-refractivity contribution < 1.29 is 4.79 Å². The molecule has 0 aromatic heterocycles. The van der Waals surface area contributed by atoms with Crippen molar-refractivity contribution >= 4 is 17.5 Å². The lowest BCUT2D eigenvalue weighted by Crippen LogP contribution is -2.02. The molecule has 2 nitrogen and oxygen atoms in total. The first-order valence-electron chi connectivity index (χ1n) is 5.07. The summed E-state index contributed by atoms with van der Waals surface area (Å²) in [6, 6.07) is 16.2. The molecule has 0 spiro atoms. The van der Waals surface area contributed by atoms with Crippen LogP contribution in [0.1, 0.15) is 15.9 Å². The Kier molecular flexibility index (Phi) is 3.59. The second kappa shape index (κ2) is 5.33. The second-order valence-corrected chi connectivity index (χ2v) is 4.21. The van der Waals surface area contributed by atoms with E-state index >= 15 is 0 Å². The maximum absolute atomic E-state index is 12.2. The summed E-state index contributed by atoms with van der Waals surface area (Å²) in [4.78, 5) is 12.9. The van der Waals surface area contributed by atoms with Crippen LogP contribution in [0.3, 0.4) is 0 Å². The minimum Gasteiger partial charge on any atom is -0.289 e. The van der Waals surface area contributed by atoms with Crippen LogP contribution in [0.15, 0.2) is 59.5 Å². The molecule has 17 heavy (non-hydrogen) atoms. The first kappa shape index (κ1) is 11.4. The maximum Gasteiger partial charge on any atom is 0.194 e. The molecule has 0 heterocycles. The van der Waals surface area contributed by atoms with Crippen molar-refractivity contribution in [2.24, 2.45) is 0 Å². The number of hydrogen-bond acceptors (Lipinski definition) is 3. The number of nitriles is 1. The number of hydrogen-bond donors (Lipinski definition) is 0. The van der Waals surface area contributed by atoms with Crippen LogP contribution in [0.4, 0.5) is 0 Å². The summed E-state index contributed by atoms with van der Waals surface area (Å²) in [5.74, 6) is -0.0519. The van der Waals surface area contributed by atoms with E-state index in [1.165, 1.54) is 0 Å². The summed E-state index contributed by atoms with van der Waals surface area (Å²) < 4.78 is 0. The Morgan fingerprint density at radius 1 is 1.00 bits per heavy atom. The third-order valence-electron chi connectivity index (χ3n) is 2.32. The highest BCUT2D eigenvalue weighted by Crippen LogP contribution is 2.23. The fourth-order valence-electron chi connectivity index (χ4n) is 1.54. The van der Waals surface area contributed by atoms with Gasteiger partial charge in [-0.3, -0.25) is 4.79 Å². The van der Waals surface area contributed by atoms with Crippen molar-refractivity contribution in [1.29, 1.82) is 5.26 Å². The molecule has 0 unspecified atom stereocenters. The first-order valence-corrected chi connectivity index (χ1v) is 5.89. The molecule has 2 rings (SSSR count). The van der Waals surface area contributed by atoms with Gasteiger partial charge in [0.25, 0.3) is 0 Å². The fourth-order valence-corrected chi connectivity index (χ4v) is 2.05. The molecule has 0 atom stereocenters. The van der Waals surface area contributed by atoms with Gasteiger partial charge in [-0.05, 0) is 23.9 Å². The van der Waals surface area contributed by atoms with Gasteiger partial charge in [0.2, 0.25) is 0 Å². The number of thiocyanates is 1. The van der Waals surface area contributed by atoms with Gasteiger partial charge >= 0.3 is 0 Å². The molecule has 2 aromatic rings.